The molecule has 1 saturated carbocycles. The summed E-state index contributed by atoms with van der Waals surface area (Å²) in [5.74, 6) is 0.988. The van der Waals surface area contributed by atoms with Gasteiger partial charge in [0.2, 0.25) is 5.91 Å². The maximum absolute atomic E-state index is 12.5. The van der Waals surface area contributed by atoms with E-state index >= 15 is 0 Å². The summed E-state index contributed by atoms with van der Waals surface area (Å²) in [7, 11) is 1.91. The standard InChI is InChI=1S/C16H27N5OS/c1-18-12-17-21(16(18)23)13-19-7-4-8-20(10-9-19)15(22)11-14-5-2-3-6-14/h12,14H,2-11,13H2,1H3. The van der Waals surface area contributed by atoms with Gasteiger partial charge in [0, 0.05) is 39.6 Å². The molecule has 2 heterocycles. The fourth-order valence-electron chi connectivity index (χ4n) is 3.66. The Hall–Kier alpha value is -1.21. The van der Waals surface area contributed by atoms with Crippen molar-refractivity contribution in [1.29, 1.82) is 0 Å². The lowest BCUT2D eigenvalue weighted by molar-refractivity contribution is -0.132. The summed E-state index contributed by atoms with van der Waals surface area (Å²) < 4.78 is 4.44. The lowest BCUT2D eigenvalue weighted by atomic mass is 10.0. The normalized spacial score (nSPS) is 20.8. The molecule has 0 atom stereocenters. The van der Waals surface area contributed by atoms with Gasteiger partial charge in [-0.3, -0.25) is 9.69 Å². The minimum atomic E-state index is 0.355. The molecule has 0 spiro atoms. The van der Waals surface area contributed by atoms with Gasteiger partial charge >= 0.3 is 0 Å². The van der Waals surface area contributed by atoms with Crippen molar-refractivity contribution < 1.29 is 4.79 Å². The van der Waals surface area contributed by atoms with Crippen LogP contribution >= 0.6 is 12.2 Å². The molecule has 1 aliphatic carbocycles. The highest BCUT2D eigenvalue weighted by Crippen LogP contribution is 2.28. The highest BCUT2D eigenvalue weighted by molar-refractivity contribution is 7.71. The van der Waals surface area contributed by atoms with E-state index in [0.29, 0.717) is 18.5 Å². The van der Waals surface area contributed by atoms with Gasteiger partial charge in [0.15, 0.2) is 4.77 Å². The van der Waals surface area contributed by atoms with E-state index in [1.165, 1.54) is 25.7 Å². The van der Waals surface area contributed by atoms with Gasteiger partial charge in [-0.1, -0.05) is 12.8 Å². The minimum absolute atomic E-state index is 0.355. The molecule has 0 unspecified atom stereocenters. The molecule has 128 valence electrons. The van der Waals surface area contributed by atoms with E-state index in [0.717, 1.165) is 43.8 Å². The van der Waals surface area contributed by atoms with Gasteiger partial charge in [-0.05, 0) is 37.4 Å². The predicted octanol–water partition coefficient (Wildman–Crippen LogP) is 2.02. The van der Waals surface area contributed by atoms with Crippen LogP contribution < -0.4 is 0 Å². The topological polar surface area (TPSA) is 46.3 Å². The smallest absolute Gasteiger partial charge is 0.222 e. The first kappa shape index (κ1) is 16.6. The van der Waals surface area contributed by atoms with Crippen molar-refractivity contribution in [3.63, 3.8) is 0 Å². The summed E-state index contributed by atoms with van der Waals surface area (Å²) >= 11 is 5.35. The Kier molecular flexibility index (Phi) is 5.48. The van der Waals surface area contributed by atoms with Crippen molar-refractivity contribution >= 4 is 18.1 Å². The largest absolute Gasteiger partial charge is 0.341 e. The Morgan fingerprint density at radius 1 is 1.22 bits per heavy atom. The third-order valence-electron chi connectivity index (χ3n) is 5.10. The van der Waals surface area contributed by atoms with Crippen LogP contribution in [0.2, 0.25) is 0 Å². The molecule has 2 aliphatic rings. The summed E-state index contributed by atoms with van der Waals surface area (Å²) in [6.07, 6.45) is 8.61. The van der Waals surface area contributed by atoms with Gasteiger partial charge in [0.25, 0.3) is 0 Å². The molecule has 3 rings (SSSR count). The highest BCUT2D eigenvalue weighted by atomic mass is 32.1. The molecule has 0 bridgehead atoms. The molecule has 1 aromatic rings. The fraction of sp³-hybridized carbons (Fsp3) is 0.812. The van der Waals surface area contributed by atoms with Crippen LogP contribution in [0.1, 0.15) is 38.5 Å². The first-order valence-corrected chi connectivity index (χ1v) is 9.13. The molecule has 7 heteroatoms. The summed E-state index contributed by atoms with van der Waals surface area (Å²) in [6.45, 7) is 4.31. The van der Waals surface area contributed by atoms with Crippen molar-refractivity contribution in [3.8, 4) is 0 Å². The van der Waals surface area contributed by atoms with Gasteiger partial charge in [0.1, 0.15) is 6.33 Å². The van der Waals surface area contributed by atoms with E-state index in [9.17, 15) is 4.79 Å². The number of aromatic nitrogens is 3. The van der Waals surface area contributed by atoms with Crippen LogP contribution in [0.25, 0.3) is 0 Å². The number of nitrogens with zero attached hydrogens (tertiary/aromatic N) is 5. The molecule has 0 radical (unpaired) electrons. The SMILES string of the molecule is Cn1cnn(CN2CCCN(C(=O)CC3CCCC3)CC2)c1=S. The van der Waals surface area contributed by atoms with Gasteiger partial charge < -0.3 is 9.47 Å². The fourth-order valence-corrected chi connectivity index (χ4v) is 3.81. The first-order chi connectivity index (χ1) is 11.1. The highest BCUT2D eigenvalue weighted by Gasteiger charge is 2.24. The van der Waals surface area contributed by atoms with E-state index in [1.54, 1.807) is 6.33 Å². The zero-order valence-corrected chi connectivity index (χ0v) is 14.8. The van der Waals surface area contributed by atoms with Crippen molar-refractivity contribution in [1.82, 2.24) is 24.1 Å². The van der Waals surface area contributed by atoms with Crippen LogP contribution in [-0.2, 0) is 18.5 Å². The second kappa shape index (κ2) is 7.57. The summed E-state index contributed by atoms with van der Waals surface area (Å²) in [5, 5.41) is 4.32. The van der Waals surface area contributed by atoms with Crippen LogP contribution in [0.4, 0.5) is 0 Å². The van der Waals surface area contributed by atoms with E-state index in [1.807, 2.05) is 16.3 Å². The lowest BCUT2D eigenvalue weighted by Gasteiger charge is -2.23. The monoisotopic (exact) mass is 337 g/mol. The molecule has 2 fully saturated rings. The Morgan fingerprint density at radius 2 is 2.00 bits per heavy atom. The molecule has 1 aromatic heterocycles. The zero-order chi connectivity index (χ0) is 16.2. The van der Waals surface area contributed by atoms with Gasteiger partial charge in [-0.25, -0.2) is 4.68 Å². The Morgan fingerprint density at radius 3 is 2.70 bits per heavy atom. The maximum atomic E-state index is 12.5. The van der Waals surface area contributed by atoms with Crippen LogP contribution in [0.5, 0.6) is 0 Å². The van der Waals surface area contributed by atoms with Gasteiger partial charge in [-0.2, -0.15) is 5.10 Å². The van der Waals surface area contributed by atoms with Crippen LogP contribution in [0.15, 0.2) is 6.33 Å². The molecule has 1 amide bonds. The van der Waals surface area contributed by atoms with Crippen LogP contribution in [-0.4, -0.2) is 56.2 Å². The maximum Gasteiger partial charge on any atom is 0.222 e. The summed E-state index contributed by atoms with van der Waals surface area (Å²) in [4.78, 5) is 16.9. The number of aryl methyl sites for hydroxylation is 1. The molecular formula is C16H27N5OS. The second-order valence-corrected chi connectivity index (χ2v) is 7.24. The Balaban J connectivity index is 1.51. The summed E-state index contributed by atoms with van der Waals surface area (Å²) in [5.41, 5.74) is 0. The predicted molar refractivity (Wildman–Crippen MR) is 91.4 cm³/mol. The van der Waals surface area contributed by atoms with Gasteiger partial charge in [-0.15, -0.1) is 0 Å². The Bertz CT molecular complexity index is 590. The molecule has 23 heavy (non-hydrogen) atoms. The van der Waals surface area contributed by atoms with Gasteiger partial charge in [0.05, 0.1) is 6.67 Å². The average molecular weight is 337 g/mol. The van der Waals surface area contributed by atoms with Crippen molar-refractivity contribution in [2.45, 2.75) is 45.2 Å². The number of hydrogen-bond acceptors (Lipinski definition) is 4. The van der Waals surface area contributed by atoms with Crippen molar-refractivity contribution in [2.75, 3.05) is 26.2 Å². The quantitative estimate of drug-likeness (QED) is 0.789. The summed E-state index contributed by atoms with van der Waals surface area (Å²) in [6, 6.07) is 0. The van der Waals surface area contributed by atoms with E-state index < -0.39 is 0 Å². The average Bonchev–Trinajstić information content (AvgIpc) is 3.07. The van der Waals surface area contributed by atoms with E-state index in [-0.39, 0.29) is 0 Å². The molecule has 6 nitrogen and oxygen atoms in total. The Labute approximate surface area is 143 Å². The molecule has 1 saturated heterocycles. The van der Waals surface area contributed by atoms with Crippen LogP contribution in [0, 0.1) is 10.7 Å². The molecular weight excluding hydrogens is 310 g/mol. The third-order valence-corrected chi connectivity index (χ3v) is 5.60. The second-order valence-electron chi connectivity index (χ2n) is 6.87. The van der Waals surface area contributed by atoms with Crippen LogP contribution in [0.3, 0.4) is 0 Å². The lowest BCUT2D eigenvalue weighted by Crippen LogP contribution is -2.36. The number of rotatable bonds is 4. The third kappa shape index (κ3) is 4.20. The van der Waals surface area contributed by atoms with Crippen molar-refractivity contribution in [2.24, 2.45) is 13.0 Å². The minimum Gasteiger partial charge on any atom is -0.341 e. The van der Waals surface area contributed by atoms with E-state index in [4.69, 9.17) is 12.2 Å². The number of carbonyl (C=O) groups is 1. The number of carbonyl (C=O) groups excluding carboxylic acids is 1. The first-order valence-electron chi connectivity index (χ1n) is 8.72. The number of hydrogen-bond donors (Lipinski definition) is 0. The zero-order valence-electron chi connectivity index (χ0n) is 14.0. The molecule has 0 N–H and O–H groups in total. The number of amides is 1. The molecule has 1 aliphatic heterocycles. The van der Waals surface area contributed by atoms with E-state index in [2.05, 4.69) is 14.9 Å². The molecule has 0 aromatic carbocycles. The van der Waals surface area contributed by atoms with Crippen molar-refractivity contribution in [3.05, 3.63) is 11.1 Å².